The molecule has 2 N–H and O–H groups in total. The van der Waals surface area contributed by atoms with Crippen molar-refractivity contribution in [3.05, 3.63) is 47.5 Å². The number of fused-ring (bicyclic) bond motifs is 3. The first-order chi connectivity index (χ1) is 23.1. The number of rotatable bonds is 7. The van der Waals surface area contributed by atoms with Gasteiger partial charge in [0, 0.05) is 32.4 Å². The van der Waals surface area contributed by atoms with E-state index in [1.165, 1.54) is 10.5 Å². The fraction of sp³-hybridized carbons (Fsp3) is 0.639. The number of nitrogens with one attached hydrogen (secondary N) is 2. The van der Waals surface area contributed by atoms with Crippen LogP contribution in [0.2, 0.25) is 0 Å². The molecule has 12 nitrogen and oxygen atoms in total. The highest BCUT2D eigenvalue weighted by Crippen LogP contribution is 2.57. The van der Waals surface area contributed by atoms with E-state index in [1.54, 1.807) is 11.0 Å². The van der Waals surface area contributed by atoms with Crippen LogP contribution in [0.25, 0.3) is 0 Å². The van der Waals surface area contributed by atoms with Gasteiger partial charge >= 0.3 is 6.09 Å². The number of ether oxygens (including phenoxy) is 1. The molecule has 3 aliphatic heterocycles. The molecule has 0 aromatic heterocycles. The number of benzene rings is 1. The number of hydrogen-bond acceptors (Lipinski definition) is 8. The Balaban J connectivity index is 1.27. The molecule has 266 valence electrons. The lowest BCUT2D eigenvalue weighted by Crippen LogP contribution is -2.57. The molecule has 2 aliphatic carbocycles. The maximum Gasteiger partial charge on any atom is 0.410 e. The normalized spacial score (nSPS) is 29.4. The zero-order valence-corrected chi connectivity index (χ0v) is 29.5. The van der Waals surface area contributed by atoms with Gasteiger partial charge in [0.25, 0.3) is 0 Å². The summed E-state index contributed by atoms with van der Waals surface area (Å²) in [4.78, 5) is 71.7. The Morgan fingerprint density at radius 3 is 2.47 bits per heavy atom. The summed E-state index contributed by atoms with van der Waals surface area (Å²) in [5.41, 5.74) is 1.33. The number of carbonyl (C=O) groups is 5. The van der Waals surface area contributed by atoms with Crippen LogP contribution in [-0.4, -0.2) is 77.8 Å². The molecule has 6 rings (SSSR count). The highest BCUT2D eigenvalue weighted by Gasteiger charge is 2.61. The zero-order chi connectivity index (χ0) is 35.3. The molecule has 4 amide bonds. The van der Waals surface area contributed by atoms with Crippen molar-refractivity contribution in [2.45, 2.75) is 122 Å². The Kier molecular flexibility index (Phi) is 9.44. The van der Waals surface area contributed by atoms with Crippen molar-refractivity contribution in [3.63, 3.8) is 0 Å². The largest absolute Gasteiger partial charge is 0.444 e. The van der Waals surface area contributed by atoms with E-state index in [0.29, 0.717) is 32.4 Å². The van der Waals surface area contributed by atoms with Gasteiger partial charge < -0.3 is 15.0 Å². The molecule has 0 unspecified atom stereocenters. The number of sulfonamides is 1. The van der Waals surface area contributed by atoms with E-state index in [-0.39, 0.29) is 38.1 Å². The van der Waals surface area contributed by atoms with E-state index in [2.05, 4.69) is 22.7 Å². The quantitative estimate of drug-likeness (QED) is 0.410. The average molecular weight is 697 g/mol. The SMILES string of the molecule is C=C[C@@H]1C[C@]1(CC(=O)[C@@H]1C[C@@H]2CN1C(=O)[C@H](C(C)(C)C)NC(=O)CCCCCc1cccc3c1CN(C3)C(=O)O2)C(=O)NS(=O)(=O)C1CC1. The minimum absolute atomic E-state index is 0.0178. The second kappa shape index (κ2) is 13.2. The summed E-state index contributed by atoms with van der Waals surface area (Å²) in [5.74, 6) is -2.30. The Morgan fingerprint density at radius 1 is 1.08 bits per heavy atom. The molecule has 0 spiro atoms. The molecule has 49 heavy (non-hydrogen) atoms. The number of amides is 4. The Hall–Kier alpha value is -3.74. The first kappa shape index (κ1) is 35.1. The lowest BCUT2D eigenvalue weighted by molar-refractivity contribution is -0.144. The van der Waals surface area contributed by atoms with Gasteiger partial charge in [0.2, 0.25) is 27.7 Å². The van der Waals surface area contributed by atoms with E-state index in [9.17, 15) is 32.4 Å². The van der Waals surface area contributed by atoms with E-state index in [0.717, 1.165) is 30.4 Å². The van der Waals surface area contributed by atoms with Crippen molar-refractivity contribution in [2.24, 2.45) is 16.7 Å². The minimum Gasteiger partial charge on any atom is -0.444 e. The van der Waals surface area contributed by atoms with Crippen molar-refractivity contribution in [3.8, 4) is 0 Å². The second-order valence-electron chi connectivity index (χ2n) is 15.6. The molecule has 1 saturated heterocycles. The number of aryl methyl sites for hydroxylation is 1. The molecular formula is C36H48N4O8S. The smallest absolute Gasteiger partial charge is 0.410 e. The first-order valence-electron chi connectivity index (χ1n) is 17.5. The van der Waals surface area contributed by atoms with Crippen LogP contribution in [0.3, 0.4) is 0 Å². The number of allylic oxidation sites excluding steroid dienone is 1. The topological polar surface area (TPSA) is 159 Å². The molecule has 1 aromatic carbocycles. The summed E-state index contributed by atoms with van der Waals surface area (Å²) >= 11 is 0. The summed E-state index contributed by atoms with van der Waals surface area (Å²) in [5, 5.41) is 2.32. The summed E-state index contributed by atoms with van der Waals surface area (Å²) in [6, 6.07) is 4.07. The molecule has 4 bridgehead atoms. The summed E-state index contributed by atoms with van der Waals surface area (Å²) in [7, 11) is -3.85. The van der Waals surface area contributed by atoms with Gasteiger partial charge in [0.05, 0.1) is 23.3 Å². The Labute approximate surface area is 288 Å². The van der Waals surface area contributed by atoms with Crippen molar-refractivity contribution in [1.29, 1.82) is 0 Å². The van der Waals surface area contributed by atoms with E-state index in [4.69, 9.17) is 4.74 Å². The monoisotopic (exact) mass is 696 g/mol. The standard InChI is InChI=1S/C36H48N4O8S/c1-5-24-17-36(24,33(44)38-49(46,47)26-14-15-26)18-29(41)28-16-25-20-40(28)32(43)31(35(2,3)4)37-30(42)13-8-6-7-10-22-11-9-12-23-19-39(21-27(22)23)34(45)48-25/h5,9,11-12,24-26,28,31H,1,6-8,10,13-21H2,2-4H3,(H,37,42)(H,38,44)/t24-,25-,28+,31-,36-/m1/s1. The molecule has 0 radical (unpaired) electrons. The van der Waals surface area contributed by atoms with Crippen molar-refractivity contribution in [1.82, 2.24) is 19.8 Å². The molecular weight excluding hydrogens is 648 g/mol. The first-order valence-corrected chi connectivity index (χ1v) is 19.0. The lowest BCUT2D eigenvalue weighted by atomic mass is 9.85. The highest BCUT2D eigenvalue weighted by atomic mass is 32.2. The second-order valence-corrected chi connectivity index (χ2v) is 17.6. The molecule has 3 fully saturated rings. The van der Waals surface area contributed by atoms with E-state index < -0.39 is 73.9 Å². The number of carbonyl (C=O) groups excluding carboxylic acids is 5. The minimum atomic E-state index is -3.85. The van der Waals surface area contributed by atoms with Gasteiger partial charge in [-0.05, 0) is 66.5 Å². The Morgan fingerprint density at radius 2 is 1.80 bits per heavy atom. The summed E-state index contributed by atoms with van der Waals surface area (Å²) in [6.45, 7) is 10.0. The van der Waals surface area contributed by atoms with Gasteiger partial charge in [0.1, 0.15) is 12.1 Å². The number of ketones is 1. The summed E-state index contributed by atoms with van der Waals surface area (Å²) < 4.78 is 33.5. The van der Waals surface area contributed by atoms with Crippen LogP contribution in [-0.2, 0) is 53.4 Å². The third kappa shape index (κ3) is 7.27. The molecule has 5 aliphatic rings. The van der Waals surface area contributed by atoms with Crippen LogP contribution in [0.4, 0.5) is 4.79 Å². The fourth-order valence-corrected chi connectivity index (χ4v) is 9.02. The van der Waals surface area contributed by atoms with E-state index in [1.807, 2.05) is 32.9 Å². The van der Waals surface area contributed by atoms with E-state index >= 15 is 0 Å². The number of Topliss-reactive ketones (excluding diaryl/α,β-unsaturated/α-hetero) is 1. The summed E-state index contributed by atoms with van der Waals surface area (Å²) in [6.07, 6.45) is 4.59. The number of nitrogens with zero attached hydrogens (tertiary/aromatic N) is 2. The van der Waals surface area contributed by atoms with Gasteiger partial charge in [-0.25, -0.2) is 13.2 Å². The van der Waals surface area contributed by atoms with Gasteiger partial charge in [-0.3, -0.25) is 28.8 Å². The molecule has 5 atom stereocenters. The lowest BCUT2D eigenvalue weighted by Gasteiger charge is -2.35. The van der Waals surface area contributed by atoms with Gasteiger partial charge in [-0.15, -0.1) is 6.58 Å². The zero-order valence-electron chi connectivity index (χ0n) is 28.7. The molecule has 13 heteroatoms. The van der Waals surface area contributed by atoms with Gasteiger partial charge in [-0.2, -0.15) is 0 Å². The number of hydrogen-bond donors (Lipinski definition) is 2. The third-order valence-electron chi connectivity index (χ3n) is 10.9. The van der Waals surface area contributed by atoms with Gasteiger partial charge in [0.15, 0.2) is 5.78 Å². The Bertz CT molecular complexity index is 1660. The fourth-order valence-electron chi connectivity index (χ4n) is 7.64. The average Bonchev–Trinajstić information content (AvgIpc) is 3.92. The van der Waals surface area contributed by atoms with Crippen LogP contribution in [0, 0.1) is 16.7 Å². The van der Waals surface area contributed by atoms with Gasteiger partial charge in [-0.1, -0.05) is 51.5 Å². The third-order valence-corrected chi connectivity index (χ3v) is 12.7. The predicted octanol–water partition coefficient (Wildman–Crippen LogP) is 3.52. The predicted molar refractivity (Wildman–Crippen MR) is 180 cm³/mol. The van der Waals surface area contributed by atoms with Crippen molar-refractivity contribution < 1.29 is 37.1 Å². The van der Waals surface area contributed by atoms with Crippen molar-refractivity contribution >= 4 is 39.6 Å². The van der Waals surface area contributed by atoms with Crippen LogP contribution in [0.5, 0.6) is 0 Å². The van der Waals surface area contributed by atoms with Crippen LogP contribution in [0.1, 0.15) is 95.2 Å². The maximum atomic E-state index is 14.4. The van der Waals surface area contributed by atoms with Crippen LogP contribution in [0.15, 0.2) is 30.9 Å². The van der Waals surface area contributed by atoms with Crippen LogP contribution >= 0.6 is 0 Å². The molecule has 2 saturated carbocycles. The van der Waals surface area contributed by atoms with Crippen LogP contribution < -0.4 is 10.0 Å². The molecule has 3 heterocycles. The maximum absolute atomic E-state index is 14.4. The molecule has 1 aromatic rings. The van der Waals surface area contributed by atoms with Crippen molar-refractivity contribution in [2.75, 3.05) is 6.54 Å². The highest BCUT2D eigenvalue weighted by molar-refractivity contribution is 7.90.